The Kier molecular flexibility index (Phi) is 4.14. The number of carbonyl (C=O) groups is 1. The quantitative estimate of drug-likeness (QED) is 0.549. The number of nitrogens with zero attached hydrogens (tertiary/aromatic N) is 7. The fourth-order valence-electron chi connectivity index (χ4n) is 2.95. The first-order valence-electron chi connectivity index (χ1n) is 8.45. The molecular weight excluding hydrogens is 400 g/mol. The number of hydrogen-bond acceptors (Lipinski definition) is 8. The van der Waals surface area contributed by atoms with Crippen LogP contribution in [0, 0.1) is 5.92 Å². The number of thiazole rings is 1. The standard InChI is InChI=1S/C17H13ClN8OS/c18-11-1-2-12-13(3-11)28-17(23-12)24-16(27)10-5-25(6-10)14-4-15(21-8-20-14)26-9-19-7-22-26/h1-4,7-10H,5-6H2,(H,23,24,27). The number of benzene rings is 1. The highest BCUT2D eigenvalue weighted by molar-refractivity contribution is 7.22. The van der Waals surface area contributed by atoms with Crippen molar-refractivity contribution in [1.82, 2.24) is 29.7 Å². The molecule has 1 aromatic carbocycles. The lowest BCUT2D eigenvalue weighted by atomic mass is 9.99. The largest absolute Gasteiger partial charge is 0.355 e. The highest BCUT2D eigenvalue weighted by atomic mass is 35.5. The number of hydrogen-bond donors (Lipinski definition) is 1. The molecule has 3 aromatic heterocycles. The Bertz CT molecular complexity index is 1160. The monoisotopic (exact) mass is 412 g/mol. The third kappa shape index (κ3) is 3.16. The first-order valence-corrected chi connectivity index (χ1v) is 9.64. The number of halogens is 1. The molecule has 1 amide bonds. The summed E-state index contributed by atoms with van der Waals surface area (Å²) in [6.45, 7) is 1.16. The minimum Gasteiger partial charge on any atom is -0.355 e. The van der Waals surface area contributed by atoms with Gasteiger partial charge in [0, 0.05) is 24.2 Å². The summed E-state index contributed by atoms with van der Waals surface area (Å²) in [5.41, 5.74) is 0.821. The molecule has 0 saturated carbocycles. The van der Waals surface area contributed by atoms with E-state index in [0.717, 1.165) is 16.0 Å². The summed E-state index contributed by atoms with van der Waals surface area (Å²) in [5, 5.41) is 8.20. The van der Waals surface area contributed by atoms with E-state index >= 15 is 0 Å². The Labute approximate surface area is 168 Å². The number of aromatic nitrogens is 6. The zero-order chi connectivity index (χ0) is 19.1. The third-order valence-electron chi connectivity index (χ3n) is 4.45. The first kappa shape index (κ1) is 17.0. The van der Waals surface area contributed by atoms with Crippen LogP contribution in [0.2, 0.25) is 5.02 Å². The van der Waals surface area contributed by atoms with Gasteiger partial charge in [0.2, 0.25) is 5.91 Å². The molecule has 0 atom stereocenters. The molecule has 9 nitrogen and oxygen atoms in total. The topological polar surface area (TPSA) is 102 Å². The van der Waals surface area contributed by atoms with Gasteiger partial charge < -0.3 is 10.2 Å². The predicted molar refractivity (Wildman–Crippen MR) is 106 cm³/mol. The van der Waals surface area contributed by atoms with E-state index in [1.807, 2.05) is 23.1 Å². The van der Waals surface area contributed by atoms with Crippen LogP contribution in [0.5, 0.6) is 0 Å². The second-order valence-electron chi connectivity index (χ2n) is 6.30. The smallest absolute Gasteiger partial charge is 0.232 e. The molecule has 4 heterocycles. The van der Waals surface area contributed by atoms with Crippen molar-refractivity contribution in [2.24, 2.45) is 5.92 Å². The summed E-state index contributed by atoms with van der Waals surface area (Å²) in [7, 11) is 0. The normalized spacial score (nSPS) is 14.2. The Balaban J connectivity index is 1.24. The second-order valence-corrected chi connectivity index (χ2v) is 7.76. The van der Waals surface area contributed by atoms with Gasteiger partial charge in [-0.2, -0.15) is 5.10 Å². The second kappa shape index (κ2) is 6.80. The van der Waals surface area contributed by atoms with E-state index in [0.29, 0.717) is 29.1 Å². The van der Waals surface area contributed by atoms with Gasteiger partial charge in [0.15, 0.2) is 10.9 Å². The Morgan fingerprint density at radius 3 is 2.86 bits per heavy atom. The van der Waals surface area contributed by atoms with E-state index in [2.05, 4.69) is 30.4 Å². The summed E-state index contributed by atoms with van der Waals surface area (Å²) in [5.74, 6) is 1.20. The predicted octanol–water partition coefficient (Wildman–Crippen LogP) is 2.40. The zero-order valence-electron chi connectivity index (χ0n) is 14.4. The van der Waals surface area contributed by atoms with Crippen molar-refractivity contribution in [2.75, 3.05) is 23.3 Å². The Hall–Kier alpha value is -3.11. The average Bonchev–Trinajstić information content (AvgIpc) is 3.29. The molecule has 28 heavy (non-hydrogen) atoms. The molecule has 0 unspecified atom stereocenters. The van der Waals surface area contributed by atoms with E-state index in [-0.39, 0.29) is 11.8 Å². The van der Waals surface area contributed by atoms with Crippen LogP contribution in [0.3, 0.4) is 0 Å². The van der Waals surface area contributed by atoms with Crippen LogP contribution < -0.4 is 10.2 Å². The van der Waals surface area contributed by atoms with Crippen LogP contribution in [-0.2, 0) is 4.79 Å². The molecule has 4 aromatic rings. The highest BCUT2D eigenvalue weighted by Gasteiger charge is 2.34. The van der Waals surface area contributed by atoms with Gasteiger partial charge in [-0.1, -0.05) is 22.9 Å². The lowest BCUT2D eigenvalue weighted by Crippen LogP contribution is -2.52. The van der Waals surface area contributed by atoms with E-state index < -0.39 is 0 Å². The summed E-state index contributed by atoms with van der Waals surface area (Å²) in [4.78, 5) is 31.4. The number of nitrogens with one attached hydrogen (secondary N) is 1. The van der Waals surface area contributed by atoms with Gasteiger partial charge >= 0.3 is 0 Å². The molecule has 140 valence electrons. The van der Waals surface area contributed by atoms with Crippen molar-refractivity contribution in [3.05, 3.63) is 48.3 Å². The number of anilines is 2. The molecule has 1 aliphatic rings. The van der Waals surface area contributed by atoms with Gasteiger partial charge in [0.1, 0.15) is 24.8 Å². The Morgan fingerprint density at radius 2 is 2.04 bits per heavy atom. The summed E-state index contributed by atoms with van der Waals surface area (Å²) >= 11 is 7.41. The van der Waals surface area contributed by atoms with Crippen LogP contribution in [0.25, 0.3) is 16.0 Å². The van der Waals surface area contributed by atoms with Gasteiger partial charge in [-0.25, -0.2) is 24.6 Å². The van der Waals surface area contributed by atoms with Crippen molar-refractivity contribution < 1.29 is 4.79 Å². The average molecular weight is 413 g/mol. The van der Waals surface area contributed by atoms with Crippen molar-refractivity contribution in [3.8, 4) is 5.82 Å². The molecule has 11 heteroatoms. The fraction of sp³-hybridized carbons (Fsp3) is 0.176. The number of fused-ring (bicyclic) bond motifs is 1. The first-order chi connectivity index (χ1) is 13.7. The van der Waals surface area contributed by atoms with Crippen LogP contribution in [0.15, 0.2) is 43.2 Å². The summed E-state index contributed by atoms with van der Waals surface area (Å²) in [6, 6.07) is 7.29. The van der Waals surface area contributed by atoms with Crippen molar-refractivity contribution in [3.63, 3.8) is 0 Å². The number of rotatable bonds is 4. The highest BCUT2D eigenvalue weighted by Crippen LogP contribution is 2.30. The van der Waals surface area contributed by atoms with Crippen LogP contribution in [-0.4, -0.2) is 48.7 Å². The SMILES string of the molecule is O=C(Nc1nc2ccc(Cl)cc2s1)C1CN(c2cc(-n3cncn3)ncn2)C1. The van der Waals surface area contributed by atoms with Gasteiger partial charge in [-0.05, 0) is 18.2 Å². The van der Waals surface area contributed by atoms with Gasteiger partial charge in [-0.3, -0.25) is 4.79 Å². The molecule has 1 N–H and O–H groups in total. The van der Waals surface area contributed by atoms with Crippen molar-refractivity contribution >= 4 is 50.0 Å². The van der Waals surface area contributed by atoms with Crippen LogP contribution in [0.4, 0.5) is 10.9 Å². The van der Waals surface area contributed by atoms with Crippen LogP contribution in [0.1, 0.15) is 0 Å². The maximum absolute atomic E-state index is 12.5. The van der Waals surface area contributed by atoms with Gasteiger partial charge in [-0.15, -0.1) is 0 Å². The Morgan fingerprint density at radius 1 is 1.18 bits per heavy atom. The minimum absolute atomic E-state index is 0.0491. The molecule has 1 saturated heterocycles. The molecule has 0 bridgehead atoms. The fourth-order valence-corrected chi connectivity index (χ4v) is 4.10. The summed E-state index contributed by atoms with van der Waals surface area (Å²) < 4.78 is 2.51. The molecule has 5 rings (SSSR count). The maximum Gasteiger partial charge on any atom is 0.232 e. The molecule has 0 radical (unpaired) electrons. The van der Waals surface area contributed by atoms with E-state index in [9.17, 15) is 4.79 Å². The molecule has 0 spiro atoms. The van der Waals surface area contributed by atoms with Gasteiger partial charge in [0.25, 0.3) is 0 Å². The lowest BCUT2D eigenvalue weighted by Gasteiger charge is -2.38. The number of carbonyl (C=O) groups excluding carboxylic acids is 1. The van der Waals surface area contributed by atoms with E-state index in [1.165, 1.54) is 24.0 Å². The molecular formula is C17H13ClN8OS. The summed E-state index contributed by atoms with van der Waals surface area (Å²) in [6.07, 6.45) is 4.50. The number of amides is 1. The molecule has 1 aliphatic heterocycles. The van der Waals surface area contributed by atoms with Crippen LogP contribution >= 0.6 is 22.9 Å². The van der Waals surface area contributed by atoms with Gasteiger partial charge in [0.05, 0.1) is 16.1 Å². The molecule has 0 aliphatic carbocycles. The van der Waals surface area contributed by atoms with Crippen molar-refractivity contribution in [1.29, 1.82) is 0 Å². The lowest BCUT2D eigenvalue weighted by molar-refractivity contribution is -0.120. The minimum atomic E-state index is -0.125. The van der Waals surface area contributed by atoms with E-state index in [4.69, 9.17) is 11.6 Å². The van der Waals surface area contributed by atoms with Crippen molar-refractivity contribution in [2.45, 2.75) is 0 Å². The van der Waals surface area contributed by atoms with E-state index in [1.54, 1.807) is 17.1 Å². The maximum atomic E-state index is 12.5. The third-order valence-corrected chi connectivity index (χ3v) is 5.62. The zero-order valence-corrected chi connectivity index (χ0v) is 15.9. The molecule has 1 fully saturated rings.